The number of carbonyl (C=O) groups excluding carboxylic acids is 1. The third-order valence-corrected chi connectivity index (χ3v) is 8.08. The van der Waals surface area contributed by atoms with E-state index < -0.39 is 10.0 Å². The first-order chi connectivity index (χ1) is 14.8. The standard InChI is InChI=1S/C24H32N2O4S/c1-5-25(19(3)20-11-8-13-22(16-20)30-4)24(27)21-12-9-14-23(17-21)31(28,29)26-15-7-6-10-18(26)2/h8-9,11-14,16-19H,5-7,10,15H2,1-4H3. The fourth-order valence-corrected chi connectivity index (χ4v) is 5.94. The smallest absolute Gasteiger partial charge is 0.254 e. The highest BCUT2D eigenvalue weighted by atomic mass is 32.2. The minimum Gasteiger partial charge on any atom is -0.497 e. The molecule has 7 heteroatoms. The first-order valence-corrected chi connectivity index (χ1v) is 12.3. The Morgan fingerprint density at radius 3 is 2.61 bits per heavy atom. The van der Waals surface area contributed by atoms with Crippen LogP contribution in [0.25, 0.3) is 0 Å². The zero-order valence-corrected chi connectivity index (χ0v) is 19.6. The van der Waals surface area contributed by atoms with Crippen molar-refractivity contribution in [1.29, 1.82) is 0 Å². The van der Waals surface area contributed by atoms with E-state index in [1.165, 1.54) is 6.07 Å². The molecule has 0 spiro atoms. The average Bonchev–Trinajstić information content (AvgIpc) is 2.79. The molecule has 1 saturated heterocycles. The van der Waals surface area contributed by atoms with Gasteiger partial charge in [-0.05, 0) is 69.5 Å². The molecular weight excluding hydrogens is 412 g/mol. The van der Waals surface area contributed by atoms with Crippen LogP contribution < -0.4 is 4.74 Å². The summed E-state index contributed by atoms with van der Waals surface area (Å²) in [6, 6.07) is 13.9. The van der Waals surface area contributed by atoms with Gasteiger partial charge in [-0.15, -0.1) is 0 Å². The van der Waals surface area contributed by atoms with Gasteiger partial charge in [-0.2, -0.15) is 4.31 Å². The highest BCUT2D eigenvalue weighted by Crippen LogP contribution is 2.28. The summed E-state index contributed by atoms with van der Waals surface area (Å²) in [5, 5.41) is 0. The molecule has 0 radical (unpaired) electrons. The maximum Gasteiger partial charge on any atom is 0.254 e. The van der Waals surface area contributed by atoms with E-state index in [-0.39, 0.29) is 22.9 Å². The van der Waals surface area contributed by atoms with Gasteiger partial charge in [0.25, 0.3) is 5.91 Å². The molecule has 1 amide bonds. The SMILES string of the molecule is CCN(C(=O)c1cccc(S(=O)(=O)N2CCCCC2C)c1)C(C)c1cccc(OC)c1. The highest BCUT2D eigenvalue weighted by Gasteiger charge is 2.31. The maximum absolute atomic E-state index is 13.4. The molecule has 31 heavy (non-hydrogen) atoms. The number of nitrogens with zero attached hydrogens (tertiary/aromatic N) is 2. The number of carbonyl (C=O) groups is 1. The quantitative estimate of drug-likeness (QED) is 0.631. The van der Waals surface area contributed by atoms with E-state index in [2.05, 4.69) is 0 Å². The number of ether oxygens (including phenoxy) is 1. The van der Waals surface area contributed by atoms with E-state index in [1.807, 2.05) is 45.0 Å². The van der Waals surface area contributed by atoms with Crippen LogP contribution >= 0.6 is 0 Å². The number of amides is 1. The number of sulfonamides is 1. The fourth-order valence-electron chi connectivity index (χ4n) is 4.19. The lowest BCUT2D eigenvalue weighted by Crippen LogP contribution is -2.42. The molecule has 1 aliphatic heterocycles. The topological polar surface area (TPSA) is 66.9 Å². The molecule has 168 valence electrons. The summed E-state index contributed by atoms with van der Waals surface area (Å²) in [4.78, 5) is 15.3. The molecule has 0 bridgehead atoms. The maximum atomic E-state index is 13.4. The third kappa shape index (κ3) is 4.93. The minimum absolute atomic E-state index is 0.0293. The molecule has 0 aromatic heterocycles. The van der Waals surface area contributed by atoms with Crippen molar-refractivity contribution in [3.05, 3.63) is 59.7 Å². The van der Waals surface area contributed by atoms with Crippen molar-refractivity contribution in [2.24, 2.45) is 0 Å². The largest absolute Gasteiger partial charge is 0.497 e. The summed E-state index contributed by atoms with van der Waals surface area (Å²) < 4.78 is 33.3. The predicted molar refractivity (Wildman–Crippen MR) is 122 cm³/mol. The summed E-state index contributed by atoms with van der Waals surface area (Å²) in [6.07, 6.45) is 2.77. The highest BCUT2D eigenvalue weighted by molar-refractivity contribution is 7.89. The number of piperidine rings is 1. The fraction of sp³-hybridized carbons (Fsp3) is 0.458. The Labute approximate surface area is 185 Å². The molecule has 3 rings (SSSR count). The number of hydrogen-bond acceptors (Lipinski definition) is 4. The number of benzene rings is 2. The lowest BCUT2D eigenvalue weighted by atomic mass is 10.1. The second kappa shape index (κ2) is 9.83. The Morgan fingerprint density at radius 1 is 1.19 bits per heavy atom. The molecule has 2 aromatic rings. The van der Waals surface area contributed by atoms with Gasteiger partial charge in [0.2, 0.25) is 10.0 Å². The average molecular weight is 445 g/mol. The van der Waals surface area contributed by atoms with Crippen LogP contribution in [0.2, 0.25) is 0 Å². The van der Waals surface area contributed by atoms with Gasteiger partial charge in [0.15, 0.2) is 0 Å². The Bertz CT molecular complexity index is 1020. The zero-order valence-electron chi connectivity index (χ0n) is 18.7. The van der Waals surface area contributed by atoms with Crippen LogP contribution in [0.3, 0.4) is 0 Å². The summed E-state index contributed by atoms with van der Waals surface area (Å²) in [7, 11) is -2.02. The molecule has 2 unspecified atom stereocenters. The summed E-state index contributed by atoms with van der Waals surface area (Å²) in [6.45, 7) is 6.85. The third-order valence-electron chi connectivity index (χ3n) is 6.07. The molecule has 0 N–H and O–H groups in total. The summed E-state index contributed by atoms with van der Waals surface area (Å²) in [5.74, 6) is 0.540. The van der Waals surface area contributed by atoms with Crippen LogP contribution in [0.1, 0.15) is 62.0 Å². The second-order valence-electron chi connectivity index (χ2n) is 8.03. The Morgan fingerprint density at radius 2 is 1.94 bits per heavy atom. The minimum atomic E-state index is -3.64. The molecule has 0 aliphatic carbocycles. The molecular formula is C24H32N2O4S. The van der Waals surface area contributed by atoms with Gasteiger partial charge in [0.1, 0.15) is 5.75 Å². The van der Waals surface area contributed by atoms with Crippen molar-refractivity contribution in [1.82, 2.24) is 9.21 Å². The van der Waals surface area contributed by atoms with Crippen LogP contribution in [-0.4, -0.2) is 49.8 Å². The van der Waals surface area contributed by atoms with Gasteiger partial charge >= 0.3 is 0 Å². The number of hydrogen-bond donors (Lipinski definition) is 0. The van der Waals surface area contributed by atoms with Crippen molar-refractivity contribution in [3.63, 3.8) is 0 Å². The van der Waals surface area contributed by atoms with Gasteiger partial charge in [0.05, 0.1) is 18.0 Å². The van der Waals surface area contributed by atoms with Gasteiger partial charge in [-0.1, -0.05) is 24.6 Å². The number of rotatable bonds is 7. The predicted octanol–water partition coefficient (Wildman–Crippen LogP) is 4.48. The van der Waals surface area contributed by atoms with Crippen LogP contribution in [-0.2, 0) is 10.0 Å². The van der Waals surface area contributed by atoms with E-state index in [0.717, 1.165) is 30.6 Å². The van der Waals surface area contributed by atoms with Crippen molar-refractivity contribution >= 4 is 15.9 Å². The molecule has 1 aliphatic rings. The van der Waals surface area contributed by atoms with E-state index in [1.54, 1.807) is 34.5 Å². The lowest BCUT2D eigenvalue weighted by molar-refractivity contribution is 0.0702. The summed E-state index contributed by atoms with van der Waals surface area (Å²) in [5.41, 5.74) is 1.34. The van der Waals surface area contributed by atoms with Crippen molar-refractivity contribution in [2.75, 3.05) is 20.2 Å². The normalized spacial score (nSPS) is 18.4. The zero-order chi connectivity index (χ0) is 22.6. The van der Waals surface area contributed by atoms with Crippen LogP contribution in [0, 0.1) is 0 Å². The molecule has 6 nitrogen and oxygen atoms in total. The molecule has 2 atom stereocenters. The Hall–Kier alpha value is -2.38. The van der Waals surface area contributed by atoms with Crippen molar-refractivity contribution in [2.45, 2.75) is 57.0 Å². The molecule has 1 fully saturated rings. The first kappa shape index (κ1) is 23.3. The monoisotopic (exact) mass is 444 g/mol. The number of methoxy groups -OCH3 is 1. The Balaban J connectivity index is 1.88. The van der Waals surface area contributed by atoms with Crippen LogP contribution in [0.15, 0.2) is 53.4 Å². The van der Waals surface area contributed by atoms with Crippen molar-refractivity contribution < 1.29 is 17.9 Å². The van der Waals surface area contributed by atoms with Crippen molar-refractivity contribution in [3.8, 4) is 5.75 Å². The lowest BCUT2D eigenvalue weighted by Gasteiger charge is -2.32. The van der Waals surface area contributed by atoms with Crippen LogP contribution in [0.4, 0.5) is 0 Å². The van der Waals surface area contributed by atoms with Gasteiger partial charge in [-0.3, -0.25) is 4.79 Å². The van der Waals surface area contributed by atoms with E-state index in [4.69, 9.17) is 4.74 Å². The molecule has 0 saturated carbocycles. The van der Waals surface area contributed by atoms with Gasteiger partial charge < -0.3 is 9.64 Å². The second-order valence-corrected chi connectivity index (χ2v) is 9.92. The molecule has 2 aromatic carbocycles. The van der Waals surface area contributed by atoms with Crippen LogP contribution in [0.5, 0.6) is 5.75 Å². The first-order valence-electron chi connectivity index (χ1n) is 10.9. The summed E-state index contributed by atoms with van der Waals surface area (Å²) >= 11 is 0. The van der Waals surface area contributed by atoms with E-state index in [0.29, 0.717) is 18.7 Å². The molecule has 1 heterocycles. The van der Waals surface area contributed by atoms with Gasteiger partial charge in [-0.25, -0.2) is 8.42 Å². The Kier molecular flexibility index (Phi) is 7.38. The van der Waals surface area contributed by atoms with Gasteiger partial charge in [0, 0.05) is 24.7 Å². The van der Waals surface area contributed by atoms with E-state index in [9.17, 15) is 13.2 Å². The van der Waals surface area contributed by atoms with E-state index >= 15 is 0 Å².